The average molecular weight is 762 g/mol. The third-order valence-corrected chi connectivity index (χ3v) is 14.8. The molecule has 0 amide bonds. The van der Waals surface area contributed by atoms with Crippen molar-refractivity contribution in [1.82, 2.24) is 24.9 Å². The van der Waals surface area contributed by atoms with Crippen LogP contribution in [0.1, 0.15) is 155 Å². The van der Waals surface area contributed by atoms with Crippen molar-refractivity contribution in [2.75, 3.05) is 39.9 Å². The summed E-state index contributed by atoms with van der Waals surface area (Å²) in [6.45, 7) is 38.2. The molecule has 314 valence electrons. The van der Waals surface area contributed by atoms with Gasteiger partial charge in [-0.1, -0.05) is 0 Å². The Morgan fingerprint density at radius 1 is 0.648 bits per heavy atom. The van der Waals surface area contributed by atoms with Gasteiger partial charge in [0.25, 0.3) is 0 Å². The summed E-state index contributed by atoms with van der Waals surface area (Å²) < 4.78 is 27.2. The number of aliphatic hydroxyl groups is 1. The van der Waals surface area contributed by atoms with Gasteiger partial charge < -0.3 is 29.4 Å². The fraction of sp³-hybridized carbons (Fsp3) is 1.00. The van der Waals surface area contributed by atoms with Gasteiger partial charge in [-0.15, -0.1) is 0 Å². The lowest BCUT2D eigenvalue weighted by Gasteiger charge is -2.58. The van der Waals surface area contributed by atoms with Crippen molar-refractivity contribution in [3.05, 3.63) is 0 Å². The van der Waals surface area contributed by atoms with Crippen LogP contribution in [0.15, 0.2) is 0 Å². The second kappa shape index (κ2) is 14.4. The summed E-state index contributed by atoms with van der Waals surface area (Å²) in [7, 11) is 2.23. The van der Waals surface area contributed by atoms with Crippen molar-refractivity contribution >= 4 is 0 Å². The zero-order valence-electron chi connectivity index (χ0n) is 37.6. The van der Waals surface area contributed by atoms with Crippen LogP contribution in [0, 0.1) is 0 Å². The molecule has 6 aliphatic heterocycles. The third kappa shape index (κ3) is 8.93. The second-order valence-corrected chi connectivity index (χ2v) is 23.1. The van der Waals surface area contributed by atoms with Gasteiger partial charge in [0.1, 0.15) is 11.4 Å². The molecule has 0 radical (unpaired) electrons. The van der Waals surface area contributed by atoms with E-state index in [1.165, 1.54) is 0 Å². The number of piperidine rings is 4. The van der Waals surface area contributed by atoms with Crippen LogP contribution in [0.3, 0.4) is 0 Å². The Labute approximate surface area is 330 Å². The predicted octanol–water partition coefficient (Wildman–Crippen LogP) is 6.38. The highest BCUT2D eigenvalue weighted by atomic mass is 16.6. The molecule has 0 spiro atoms. The first kappa shape index (κ1) is 43.2. The summed E-state index contributed by atoms with van der Waals surface area (Å²) in [5, 5.41) is 15.8. The van der Waals surface area contributed by atoms with Gasteiger partial charge in [0.2, 0.25) is 0 Å². The molecule has 0 bridgehead atoms. The molecule has 0 saturated carbocycles. The van der Waals surface area contributed by atoms with Crippen LogP contribution in [0.25, 0.3) is 0 Å². The molecular formula is C44H83N5O5. The number of fused-ring (bicyclic) bond motifs is 2. The summed E-state index contributed by atoms with van der Waals surface area (Å²) in [5.74, 6) is 0. The Kier molecular flexibility index (Phi) is 11.5. The molecular weight excluding hydrogens is 679 g/mol. The maximum Gasteiger partial charge on any atom is 0.121 e. The van der Waals surface area contributed by atoms with E-state index in [-0.39, 0.29) is 75.5 Å². The lowest BCUT2D eigenvalue weighted by molar-refractivity contribution is -0.195. The highest BCUT2D eigenvalue weighted by Gasteiger charge is 2.59. The predicted molar refractivity (Wildman–Crippen MR) is 218 cm³/mol. The molecule has 6 aliphatic rings. The van der Waals surface area contributed by atoms with Crippen LogP contribution in [-0.2, 0) is 18.9 Å². The minimum absolute atomic E-state index is 0.0269. The summed E-state index contributed by atoms with van der Waals surface area (Å²) in [6.07, 6.45) is 7.76. The average Bonchev–Trinajstić information content (AvgIpc) is 3.50. The topological polar surface area (TPSA) is 82.1 Å². The molecule has 0 aromatic rings. The number of likely N-dealkylation sites (tertiary alicyclic amines) is 1. The third-order valence-electron chi connectivity index (χ3n) is 14.8. The quantitative estimate of drug-likeness (QED) is 0.262. The molecule has 6 rings (SSSR count). The van der Waals surface area contributed by atoms with Crippen LogP contribution in [0.4, 0.5) is 0 Å². The fourth-order valence-corrected chi connectivity index (χ4v) is 13.0. The molecule has 10 heteroatoms. The van der Waals surface area contributed by atoms with Gasteiger partial charge in [-0.05, 0) is 149 Å². The molecule has 0 aromatic heterocycles. The SMILES string of the molecule is CC1CN2C(C)(C)CC(N(CC(O)COC3CC(C)(C)N(C)C(C)(C)C3)C3CC(C)(C)N4CC(COC5CC(C)(C)NC(C)(C)C5)OC4(C)C3)CC2(C)O1. The Bertz CT molecular complexity index is 1300. The Morgan fingerprint density at radius 2 is 1.13 bits per heavy atom. The van der Waals surface area contributed by atoms with E-state index in [2.05, 4.69) is 136 Å². The molecule has 54 heavy (non-hydrogen) atoms. The molecule has 0 aliphatic carbocycles. The van der Waals surface area contributed by atoms with Crippen molar-refractivity contribution in [3.63, 3.8) is 0 Å². The van der Waals surface area contributed by atoms with E-state index < -0.39 is 11.8 Å². The standard InChI is InChI=1S/C44H83N5O5/c1-30-25-48-41(10,11)17-31(19-43(48,14)53-30)47(26-33(50)28-51-35-23-39(6,7)46(16)40(8,9)24-35)32-18-42(12,13)49-27-36(54-44(49,15)20-32)29-52-34-21-37(2,3)45-38(4,5)22-34/h30-36,45,50H,17-29H2,1-16H3. The molecule has 0 aromatic carbocycles. The van der Waals surface area contributed by atoms with Crippen molar-refractivity contribution < 1.29 is 24.1 Å². The first-order valence-electron chi connectivity index (χ1n) is 21.7. The van der Waals surface area contributed by atoms with E-state index in [0.29, 0.717) is 19.8 Å². The smallest absolute Gasteiger partial charge is 0.121 e. The van der Waals surface area contributed by atoms with Crippen LogP contribution in [-0.4, -0.2) is 152 Å². The van der Waals surface area contributed by atoms with Crippen molar-refractivity contribution in [2.24, 2.45) is 0 Å². The summed E-state index contributed by atoms with van der Waals surface area (Å²) in [5.41, 5.74) is -0.702. The van der Waals surface area contributed by atoms with E-state index in [1.807, 2.05) is 0 Å². The number of nitrogens with one attached hydrogen (secondary N) is 1. The van der Waals surface area contributed by atoms with E-state index in [1.54, 1.807) is 0 Å². The monoisotopic (exact) mass is 762 g/mol. The Hall–Kier alpha value is -0.400. The highest BCUT2D eigenvalue weighted by molar-refractivity contribution is 5.10. The van der Waals surface area contributed by atoms with E-state index in [0.717, 1.165) is 64.5 Å². The lowest BCUT2D eigenvalue weighted by atomic mass is 9.77. The molecule has 6 heterocycles. The molecule has 7 unspecified atom stereocenters. The van der Waals surface area contributed by atoms with Crippen LogP contribution in [0.5, 0.6) is 0 Å². The van der Waals surface area contributed by atoms with E-state index in [9.17, 15) is 5.11 Å². The van der Waals surface area contributed by atoms with Crippen LogP contribution in [0.2, 0.25) is 0 Å². The fourth-order valence-electron chi connectivity index (χ4n) is 13.0. The van der Waals surface area contributed by atoms with Gasteiger partial charge in [-0.2, -0.15) is 0 Å². The first-order chi connectivity index (χ1) is 24.5. The minimum atomic E-state index is -0.591. The molecule has 6 fully saturated rings. The maximum atomic E-state index is 12.0. The first-order valence-corrected chi connectivity index (χ1v) is 21.7. The van der Waals surface area contributed by atoms with Crippen molar-refractivity contribution in [2.45, 2.75) is 243 Å². The second-order valence-electron chi connectivity index (χ2n) is 23.1. The largest absolute Gasteiger partial charge is 0.389 e. The molecule has 7 atom stereocenters. The molecule has 6 saturated heterocycles. The van der Waals surface area contributed by atoms with Gasteiger partial charge >= 0.3 is 0 Å². The molecule has 10 nitrogen and oxygen atoms in total. The lowest BCUT2D eigenvalue weighted by Crippen LogP contribution is -2.68. The van der Waals surface area contributed by atoms with Gasteiger partial charge in [-0.25, -0.2) is 0 Å². The number of aliphatic hydroxyl groups excluding tert-OH is 1. The van der Waals surface area contributed by atoms with Crippen LogP contribution < -0.4 is 5.32 Å². The van der Waals surface area contributed by atoms with Gasteiger partial charge in [0, 0.05) is 77.8 Å². The number of rotatable bonds is 10. The van der Waals surface area contributed by atoms with Crippen molar-refractivity contribution in [3.8, 4) is 0 Å². The Morgan fingerprint density at radius 3 is 1.67 bits per heavy atom. The van der Waals surface area contributed by atoms with Gasteiger partial charge in [0.05, 0.1) is 43.7 Å². The van der Waals surface area contributed by atoms with Gasteiger partial charge in [0.15, 0.2) is 0 Å². The summed E-state index contributed by atoms with van der Waals surface area (Å²) in [6, 6.07) is 0.489. The normalized spacial score (nSPS) is 40.1. The summed E-state index contributed by atoms with van der Waals surface area (Å²) in [4.78, 5) is 10.4. The molecule has 2 N–H and O–H groups in total. The van der Waals surface area contributed by atoms with E-state index in [4.69, 9.17) is 18.9 Å². The number of ether oxygens (including phenoxy) is 4. The number of hydrogen-bond donors (Lipinski definition) is 2. The number of nitrogens with zero attached hydrogens (tertiary/aromatic N) is 4. The van der Waals surface area contributed by atoms with Gasteiger partial charge in [-0.3, -0.25) is 19.6 Å². The van der Waals surface area contributed by atoms with Crippen molar-refractivity contribution in [1.29, 1.82) is 0 Å². The highest BCUT2D eigenvalue weighted by Crippen LogP contribution is 2.50. The Balaban J connectivity index is 1.19. The zero-order valence-corrected chi connectivity index (χ0v) is 37.6. The van der Waals surface area contributed by atoms with Crippen LogP contribution >= 0.6 is 0 Å². The minimum Gasteiger partial charge on any atom is -0.389 e. The maximum absolute atomic E-state index is 12.0. The van der Waals surface area contributed by atoms with E-state index >= 15 is 0 Å². The summed E-state index contributed by atoms with van der Waals surface area (Å²) >= 11 is 0. The number of hydrogen-bond acceptors (Lipinski definition) is 10. The zero-order chi connectivity index (χ0) is 40.1.